The fourth-order valence-corrected chi connectivity index (χ4v) is 4.83. The highest BCUT2D eigenvalue weighted by molar-refractivity contribution is 5.99. The third kappa shape index (κ3) is 9.60. The first-order valence-electron chi connectivity index (χ1n) is 14.8. The number of unbranched alkanes of at least 4 members (excludes halogenated alkanes) is 1. The van der Waals surface area contributed by atoms with E-state index in [0.29, 0.717) is 18.7 Å². The second-order valence-electron chi connectivity index (χ2n) is 12.0. The summed E-state index contributed by atoms with van der Waals surface area (Å²) >= 11 is 0. The Morgan fingerprint density at radius 1 is 0.930 bits per heavy atom. The van der Waals surface area contributed by atoms with Crippen molar-refractivity contribution < 1.29 is 24.2 Å². The van der Waals surface area contributed by atoms with Crippen LogP contribution in [0.3, 0.4) is 0 Å². The van der Waals surface area contributed by atoms with Gasteiger partial charge < -0.3 is 25.4 Å². The van der Waals surface area contributed by atoms with Gasteiger partial charge in [-0.3, -0.25) is 9.59 Å². The second kappa shape index (κ2) is 14.7. The number of para-hydroxylation sites is 1. The minimum absolute atomic E-state index is 0.0964. The number of carbonyl (C=O) groups is 3. The van der Waals surface area contributed by atoms with Gasteiger partial charge in [-0.15, -0.1) is 0 Å². The lowest BCUT2D eigenvalue weighted by Crippen LogP contribution is -2.53. The van der Waals surface area contributed by atoms with Crippen LogP contribution in [0, 0.1) is 20.8 Å². The molecule has 0 aromatic heterocycles. The Hall–Kier alpha value is -4.33. The highest BCUT2D eigenvalue weighted by Crippen LogP contribution is 2.29. The van der Waals surface area contributed by atoms with Crippen LogP contribution in [-0.4, -0.2) is 46.1 Å². The monoisotopic (exact) mass is 587 g/mol. The third-order valence-corrected chi connectivity index (χ3v) is 7.09. The number of benzene rings is 3. The van der Waals surface area contributed by atoms with E-state index in [9.17, 15) is 19.5 Å². The average Bonchev–Trinajstić information content (AvgIpc) is 2.93. The molecule has 8 nitrogen and oxygen atoms in total. The minimum Gasteiger partial charge on any atom is -0.508 e. The van der Waals surface area contributed by atoms with Crippen LogP contribution in [-0.2, 0) is 20.7 Å². The van der Waals surface area contributed by atoms with Crippen molar-refractivity contribution >= 4 is 23.6 Å². The molecule has 8 heteroatoms. The topological polar surface area (TPSA) is 108 Å². The van der Waals surface area contributed by atoms with E-state index in [0.717, 1.165) is 34.2 Å². The molecule has 0 fully saturated rings. The molecule has 0 spiro atoms. The van der Waals surface area contributed by atoms with Gasteiger partial charge in [0.1, 0.15) is 23.4 Å². The Kier molecular flexibility index (Phi) is 11.4. The maximum absolute atomic E-state index is 14.6. The number of amides is 3. The van der Waals surface area contributed by atoms with Crippen molar-refractivity contribution in [3.05, 3.63) is 94.5 Å². The summed E-state index contributed by atoms with van der Waals surface area (Å²) in [6, 6.07) is 17.9. The molecule has 0 heterocycles. The van der Waals surface area contributed by atoms with Crippen molar-refractivity contribution in [3.63, 3.8) is 0 Å². The fourth-order valence-electron chi connectivity index (χ4n) is 4.83. The number of carbonyl (C=O) groups excluding carboxylic acids is 3. The van der Waals surface area contributed by atoms with Crippen LogP contribution >= 0.6 is 0 Å². The minimum atomic E-state index is -1.03. The number of hydrogen-bond acceptors (Lipinski definition) is 5. The zero-order chi connectivity index (χ0) is 31.7. The van der Waals surface area contributed by atoms with E-state index in [-0.39, 0.29) is 18.1 Å². The fraction of sp³-hybridized carbons (Fsp3) is 0.400. The van der Waals surface area contributed by atoms with E-state index in [1.807, 2.05) is 70.2 Å². The molecule has 43 heavy (non-hydrogen) atoms. The lowest BCUT2D eigenvalue weighted by atomic mass is 9.95. The maximum Gasteiger partial charge on any atom is 0.408 e. The molecular formula is C35H45N3O5. The highest BCUT2D eigenvalue weighted by atomic mass is 16.6. The molecule has 3 aromatic carbocycles. The van der Waals surface area contributed by atoms with Crippen LogP contribution < -0.4 is 10.6 Å². The number of hydrogen-bond donors (Lipinski definition) is 3. The SMILES string of the molecule is CCCCN(C(=O)C(Cc1ccc(O)cc1)NC(=O)OC(C)(C)C)C(C(=O)Nc1ccccc1C)c1cc(C)ccc1C. The van der Waals surface area contributed by atoms with Gasteiger partial charge in [0.2, 0.25) is 5.91 Å². The average molecular weight is 588 g/mol. The first-order valence-corrected chi connectivity index (χ1v) is 14.8. The molecule has 3 rings (SSSR count). The molecule has 0 saturated carbocycles. The number of ether oxygens (including phenoxy) is 1. The second-order valence-corrected chi connectivity index (χ2v) is 12.0. The molecule has 230 valence electrons. The molecule has 0 aliphatic heterocycles. The largest absolute Gasteiger partial charge is 0.508 e. The molecule has 3 aromatic rings. The predicted octanol–water partition coefficient (Wildman–Crippen LogP) is 6.76. The van der Waals surface area contributed by atoms with Crippen molar-refractivity contribution in [1.29, 1.82) is 0 Å². The van der Waals surface area contributed by atoms with Gasteiger partial charge in [-0.25, -0.2) is 4.79 Å². The van der Waals surface area contributed by atoms with Crippen molar-refractivity contribution in [1.82, 2.24) is 10.2 Å². The van der Waals surface area contributed by atoms with Gasteiger partial charge in [0, 0.05) is 18.7 Å². The number of anilines is 1. The summed E-state index contributed by atoms with van der Waals surface area (Å²) in [5.74, 6) is -0.648. The van der Waals surface area contributed by atoms with Gasteiger partial charge in [0.05, 0.1) is 0 Å². The predicted molar refractivity (Wildman–Crippen MR) is 170 cm³/mol. The van der Waals surface area contributed by atoms with Crippen LogP contribution in [0.1, 0.15) is 74.4 Å². The van der Waals surface area contributed by atoms with Gasteiger partial charge in [-0.05, 0) is 88.4 Å². The third-order valence-electron chi connectivity index (χ3n) is 7.09. The molecule has 3 amide bonds. The van der Waals surface area contributed by atoms with E-state index in [2.05, 4.69) is 10.6 Å². The van der Waals surface area contributed by atoms with E-state index in [4.69, 9.17) is 4.74 Å². The van der Waals surface area contributed by atoms with Crippen molar-refractivity contribution in [2.75, 3.05) is 11.9 Å². The van der Waals surface area contributed by atoms with Gasteiger partial charge in [0.15, 0.2) is 0 Å². The Labute approximate surface area is 255 Å². The molecular weight excluding hydrogens is 542 g/mol. The van der Waals surface area contributed by atoms with E-state index < -0.39 is 29.7 Å². The molecule has 3 N–H and O–H groups in total. The number of nitrogens with zero attached hydrogens (tertiary/aromatic N) is 1. The molecule has 2 unspecified atom stereocenters. The van der Waals surface area contributed by atoms with Crippen LogP contribution in [0.15, 0.2) is 66.7 Å². The van der Waals surface area contributed by atoms with Crippen molar-refractivity contribution in [3.8, 4) is 5.75 Å². The molecule has 0 radical (unpaired) electrons. The zero-order valence-corrected chi connectivity index (χ0v) is 26.4. The quantitative estimate of drug-likeness (QED) is 0.230. The number of phenolic OH excluding ortho intramolecular Hbond substituents is 1. The summed E-state index contributed by atoms with van der Waals surface area (Å²) < 4.78 is 5.52. The highest BCUT2D eigenvalue weighted by Gasteiger charge is 2.37. The summed E-state index contributed by atoms with van der Waals surface area (Å²) in [5.41, 5.74) is 4.08. The summed E-state index contributed by atoms with van der Waals surface area (Å²) in [6.45, 7) is 13.4. The Morgan fingerprint density at radius 3 is 2.23 bits per heavy atom. The van der Waals surface area contributed by atoms with Gasteiger partial charge in [0.25, 0.3) is 5.91 Å². The summed E-state index contributed by atoms with van der Waals surface area (Å²) in [5, 5.41) is 15.6. The van der Waals surface area contributed by atoms with Gasteiger partial charge >= 0.3 is 6.09 Å². The molecule has 0 saturated heterocycles. The summed E-state index contributed by atoms with van der Waals surface area (Å²) in [6.07, 6.45) is 0.862. The molecule has 2 atom stereocenters. The van der Waals surface area contributed by atoms with Crippen molar-refractivity contribution in [2.45, 2.75) is 85.4 Å². The van der Waals surface area contributed by atoms with Crippen LogP contribution in [0.4, 0.5) is 10.5 Å². The van der Waals surface area contributed by atoms with E-state index in [1.54, 1.807) is 37.8 Å². The molecule has 0 aliphatic rings. The maximum atomic E-state index is 14.6. The van der Waals surface area contributed by atoms with E-state index >= 15 is 0 Å². The normalized spacial score (nSPS) is 12.6. The first-order chi connectivity index (χ1) is 20.3. The molecule has 0 aliphatic carbocycles. The number of aryl methyl sites for hydroxylation is 3. The summed E-state index contributed by atoms with van der Waals surface area (Å²) in [7, 11) is 0. The van der Waals surface area contributed by atoms with E-state index in [1.165, 1.54) is 12.1 Å². The lowest BCUT2D eigenvalue weighted by molar-refractivity contribution is -0.140. The van der Waals surface area contributed by atoms with Gasteiger partial charge in [-0.2, -0.15) is 0 Å². The first kappa shape index (κ1) is 33.2. The number of phenols is 1. The number of nitrogens with one attached hydrogen (secondary N) is 2. The molecule has 0 bridgehead atoms. The van der Waals surface area contributed by atoms with Crippen molar-refractivity contribution in [2.24, 2.45) is 0 Å². The number of alkyl carbamates (subject to hydrolysis) is 1. The lowest BCUT2D eigenvalue weighted by Gasteiger charge is -2.35. The van der Waals surface area contributed by atoms with Crippen LogP contribution in [0.25, 0.3) is 0 Å². The Balaban J connectivity index is 2.11. The standard InChI is InChI=1S/C35H45N3O5/c1-8-9-20-38(33(41)30(37-34(42)43-35(5,6)7)22-26-16-18-27(39)19-17-26)31(28-21-23(2)14-15-24(28)3)32(40)36-29-13-11-10-12-25(29)4/h10-19,21,30-31,39H,8-9,20,22H2,1-7H3,(H,36,40)(H,37,42). The number of rotatable bonds is 11. The smallest absolute Gasteiger partial charge is 0.408 e. The van der Waals surface area contributed by atoms with Gasteiger partial charge in [-0.1, -0.05) is 67.4 Å². The van der Waals surface area contributed by atoms with Crippen LogP contribution in [0.2, 0.25) is 0 Å². The number of aromatic hydroxyl groups is 1. The Bertz CT molecular complexity index is 1410. The Morgan fingerprint density at radius 2 is 1.60 bits per heavy atom. The summed E-state index contributed by atoms with van der Waals surface area (Å²) in [4.78, 5) is 43.4. The van der Waals surface area contributed by atoms with Crippen LogP contribution in [0.5, 0.6) is 5.75 Å². The zero-order valence-electron chi connectivity index (χ0n) is 26.4.